The summed E-state index contributed by atoms with van der Waals surface area (Å²) in [5.74, 6) is -0.986. The van der Waals surface area contributed by atoms with Gasteiger partial charge in [-0.3, -0.25) is 4.79 Å². The number of aromatic nitrogens is 1. The Morgan fingerprint density at radius 1 is 1.47 bits per heavy atom. The van der Waals surface area contributed by atoms with E-state index in [-0.39, 0.29) is 11.1 Å². The Morgan fingerprint density at radius 3 is 2.65 bits per heavy atom. The lowest BCUT2D eigenvalue weighted by atomic mass is 10.1. The molecule has 0 radical (unpaired) electrons. The molecule has 0 saturated carbocycles. The standard InChI is InChI=1S/C13H17NO3/c1-4-5-6-7-14-10(3)12(13(16)17)9(2)8-11(14)15/h4-5,8H,6-7H2,1-3H3,(H,16,17)/b5-4+. The average molecular weight is 235 g/mol. The van der Waals surface area contributed by atoms with Gasteiger partial charge in [-0.25, -0.2) is 4.79 Å². The molecule has 0 aliphatic rings. The molecule has 0 spiro atoms. The Bertz CT molecular complexity index is 512. The Labute approximate surface area is 100 Å². The molecule has 0 fully saturated rings. The summed E-state index contributed by atoms with van der Waals surface area (Å²) in [6, 6.07) is 1.38. The van der Waals surface area contributed by atoms with Crippen molar-refractivity contribution in [1.82, 2.24) is 4.57 Å². The van der Waals surface area contributed by atoms with Crippen molar-refractivity contribution in [2.45, 2.75) is 33.7 Å². The van der Waals surface area contributed by atoms with Crippen LogP contribution < -0.4 is 5.56 Å². The molecule has 1 N–H and O–H groups in total. The molecule has 0 amide bonds. The minimum Gasteiger partial charge on any atom is -0.478 e. The average Bonchev–Trinajstić information content (AvgIpc) is 2.21. The number of carboxylic acids is 1. The van der Waals surface area contributed by atoms with Crippen LogP contribution in [-0.4, -0.2) is 15.6 Å². The van der Waals surface area contributed by atoms with Crippen LogP contribution in [0.4, 0.5) is 0 Å². The molecule has 4 heteroatoms. The van der Waals surface area contributed by atoms with Crippen LogP contribution >= 0.6 is 0 Å². The Kier molecular flexibility index (Phi) is 4.26. The summed E-state index contributed by atoms with van der Waals surface area (Å²) < 4.78 is 1.51. The van der Waals surface area contributed by atoms with E-state index in [1.807, 2.05) is 19.1 Å². The maximum absolute atomic E-state index is 11.8. The highest BCUT2D eigenvalue weighted by Crippen LogP contribution is 2.11. The number of rotatable bonds is 4. The van der Waals surface area contributed by atoms with Crippen LogP contribution in [0.3, 0.4) is 0 Å². The van der Waals surface area contributed by atoms with Gasteiger partial charge in [-0.2, -0.15) is 0 Å². The van der Waals surface area contributed by atoms with Crippen molar-refractivity contribution in [3.05, 3.63) is 45.4 Å². The molecule has 0 aliphatic heterocycles. The van der Waals surface area contributed by atoms with E-state index in [1.165, 1.54) is 10.6 Å². The van der Waals surface area contributed by atoms with Crippen LogP contribution in [0.2, 0.25) is 0 Å². The third kappa shape index (κ3) is 2.84. The molecule has 1 aromatic heterocycles. The van der Waals surface area contributed by atoms with Crippen LogP contribution in [-0.2, 0) is 6.54 Å². The predicted octanol–water partition coefficient (Wildman–Crippen LogP) is 2.13. The largest absolute Gasteiger partial charge is 0.478 e. The molecular weight excluding hydrogens is 218 g/mol. The molecule has 0 atom stereocenters. The molecule has 0 unspecified atom stereocenters. The van der Waals surface area contributed by atoms with Gasteiger partial charge in [-0.05, 0) is 32.8 Å². The summed E-state index contributed by atoms with van der Waals surface area (Å²) in [7, 11) is 0. The third-order valence-corrected chi connectivity index (χ3v) is 2.74. The van der Waals surface area contributed by atoms with Crippen molar-refractivity contribution in [3.63, 3.8) is 0 Å². The Hall–Kier alpha value is -1.84. The highest BCUT2D eigenvalue weighted by Gasteiger charge is 2.15. The fraction of sp³-hybridized carbons (Fsp3) is 0.385. The molecule has 1 aromatic rings. The Morgan fingerprint density at radius 2 is 2.12 bits per heavy atom. The predicted molar refractivity (Wildman–Crippen MR) is 66.6 cm³/mol. The number of carboxylic acid groups (broad SMARTS) is 1. The minimum absolute atomic E-state index is 0.144. The zero-order chi connectivity index (χ0) is 13.0. The van der Waals surface area contributed by atoms with Crippen LogP contribution in [0.5, 0.6) is 0 Å². The zero-order valence-corrected chi connectivity index (χ0v) is 10.4. The van der Waals surface area contributed by atoms with E-state index in [2.05, 4.69) is 0 Å². The molecule has 0 bridgehead atoms. The lowest BCUT2D eigenvalue weighted by Gasteiger charge is -2.13. The monoisotopic (exact) mass is 235 g/mol. The van der Waals surface area contributed by atoms with Gasteiger partial charge in [0.2, 0.25) is 0 Å². The molecule has 0 aliphatic carbocycles. The SMILES string of the molecule is C/C=C/CCn1c(C)c(C(=O)O)c(C)cc1=O. The van der Waals surface area contributed by atoms with Crippen molar-refractivity contribution in [2.75, 3.05) is 0 Å². The Balaban J connectivity index is 3.26. The number of nitrogens with zero attached hydrogens (tertiary/aromatic N) is 1. The smallest absolute Gasteiger partial charge is 0.337 e. The maximum Gasteiger partial charge on any atom is 0.337 e. The van der Waals surface area contributed by atoms with Crippen LogP contribution in [0.1, 0.15) is 35.0 Å². The number of aromatic carboxylic acids is 1. The highest BCUT2D eigenvalue weighted by atomic mass is 16.4. The first-order valence-electron chi connectivity index (χ1n) is 5.54. The van der Waals surface area contributed by atoms with E-state index >= 15 is 0 Å². The van der Waals surface area contributed by atoms with Crippen molar-refractivity contribution >= 4 is 5.97 Å². The van der Waals surface area contributed by atoms with E-state index in [4.69, 9.17) is 5.11 Å². The fourth-order valence-corrected chi connectivity index (χ4v) is 1.89. The summed E-state index contributed by atoms with van der Waals surface area (Å²) in [5.41, 5.74) is 1.12. The minimum atomic E-state index is -0.986. The van der Waals surface area contributed by atoms with Crippen molar-refractivity contribution < 1.29 is 9.90 Å². The first-order chi connectivity index (χ1) is 7.99. The normalized spacial score (nSPS) is 11.0. The van der Waals surface area contributed by atoms with Gasteiger partial charge in [0.1, 0.15) is 0 Å². The van der Waals surface area contributed by atoms with Crippen molar-refractivity contribution in [1.29, 1.82) is 0 Å². The molecule has 1 rings (SSSR count). The van der Waals surface area contributed by atoms with Crippen molar-refractivity contribution in [2.24, 2.45) is 0 Å². The van der Waals surface area contributed by atoms with Crippen LogP contribution in [0.15, 0.2) is 23.0 Å². The first-order valence-corrected chi connectivity index (χ1v) is 5.54. The van der Waals surface area contributed by atoms with E-state index in [0.717, 1.165) is 6.42 Å². The van der Waals surface area contributed by atoms with E-state index in [1.54, 1.807) is 13.8 Å². The van der Waals surface area contributed by atoms with Gasteiger partial charge in [-0.15, -0.1) is 0 Å². The van der Waals surface area contributed by atoms with Gasteiger partial charge < -0.3 is 9.67 Å². The number of allylic oxidation sites excluding steroid dienone is 2. The van der Waals surface area contributed by atoms with Gasteiger partial charge in [0.05, 0.1) is 5.56 Å². The first kappa shape index (κ1) is 13.2. The van der Waals surface area contributed by atoms with Gasteiger partial charge in [-0.1, -0.05) is 12.2 Å². The zero-order valence-electron chi connectivity index (χ0n) is 10.4. The molecule has 4 nitrogen and oxygen atoms in total. The third-order valence-electron chi connectivity index (χ3n) is 2.74. The maximum atomic E-state index is 11.8. The number of hydrogen-bond acceptors (Lipinski definition) is 2. The van der Waals surface area contributed by atoms with Crippen molar-refractivity contribution in [3.8, 4) is 0 Å². The van der Waals surface area contributed by atoms with Gasteiger partial charge in [0.25, 0.3) is 5.56 Å². The second-order valence-electron chi connectivity index (χ2n) is 3.94. The van der Waals surface area contributed by atoms with Crippen LogP contribution in [0, 0.1) is 13.8 Å². The lowest BCUT2D eigenvalue weighted by molar-refractivity contribution is 0.0694. The number of carbonyl (C=O) groups is 1. The fourth-order valence-electron chi connectivity index (χ4n) is 1.89. The molecule has 0 saturated heterocycles. The molecule has 92 valence electrons. The number of pyridine rings is 1. The topological polar surface area (TPSA) is 59.3 Å². The molecule has 1 heterocycles. The van der Waals surface area contributed by atoms with Gasteiger partial charge >= 0.3 is 5.97 Å². The number of aryl methyl sites for hydroxylation is 1. The molecule has 17 heavy (non-hydrogen) atoms. The van der Waals surface area contributed by atoms with Gasteiger partial charge in [0.15, 0.2) is 0 Å². The second kappa shape index (κ2) is 5.48. The van der Waals surface area contributed by atoms with E-state index in [0.29, 0.717) is 17.8 Å². The summed E-state index contributed by atoms with van der Waals surface area (Å²) in [5, 5.41) is 9.10. The highest BCUT2D eigenvalue weighted by molar-refractivity contribution is 5.90. The van der Waals surface area contributed by atoms with E-state index in [9.17, 15) is 9.59 Å². The summed E-state index contributed by atoms with van der Waals surface area (Å²) in [4.78, 5) is 22.9. The molecule has 0 aromatic carbocycles. The summed E-state index contributed by atoms with van der Waals surface area (Å²) in [6.07, 6.45) is 4.58. The number of hydrogen-bond donors (Lipinski definition) is 1. The second-order valence-corrected chi connectivity index (χ2v) is 3.94. The molecular formula is C13H17NO3. The quantitative estimate of drug-likeness (QED) is 0.813. The van der Waals surface area contributed by atoms with Gasteiger partial charge in [0, 0.05) is 18.3 Å². The summed E-state index contributed by atoms with van der Waals surface area (Å²) in [6.45, 7) is 5.74. The lowest BCUT2D eigenvalue weighted by Crippen LogP contribution is -2.25. The van der Waals surface area contributed by atoms with E-state index < -0.39 is 5.97 Å². The van der Waals surface area contributed by atoms with Crippen LogP contribution in [0.25, 0.3) is 0 Å². The summed E-state index contributed by atoms with van der Waals surface area (Å²) >= 11 is 0.